The van der Waals surface area contributed by atoms with Crippen molar-refractivity contribution in [3.8, 4) is 0 Å². The summed E-state index contributed by atoms with van der Waals surface area (Å²) in [6.45, 7) is 6.82. The standard InChI is InChI=1S/C12H19ClO3/c1-8(14)16-10-6-5-9(11(2,3)13)7-12(10,4)15/h5-6,9-10,15H,7H2,1-4H3/t9-,10+,12+/m1/s1. The first kappa shape index (κ1) is 13.5. The average molecular weight is 247 g/mol. The lowest BCUT2D eigenvalue weighted by molar-refractivity contribution is -0.158. The number of rotatable bonds is 2. The van der Waals surface area contributed by atoms with Gasteiger partial charge in [0.1, 0.15) is 11.7 Å². The van der Waals surface area contributed by atoms with Crippen LogP contribution in [-0.4, -0.2) is 27.7 Å². The van der Waals surface area contributed by atoms with Crippen molar-refractivity contribution < 1.29 is 14.6 Å². The highest BCUT2D eigenvalue weighted by molar-refractivity contribution is 6.23. The van der Waals surface area contributed by atoms with Crippen molar-refractivity contribution >= 4 is 17.6 Å². The number of carbonyl (C=O) groups excluding carboxylic acids is 1. The van der Waals surface area contributed by atoms with Crippen LogP contribution in [0.3, 0.4) is 0 Å². The lowest BCUT2D eigenvalue weighted by Crippen LogP contribution is -2.47. The van der Waals surface area contributed by atoms with Gasteiger partial charge in [-0.05, 0) is 39.2 Å². The quantitative estimate of drug-likeness (QED) is 0.462. The van der Waals surface area contributed by atoms with E-state index in [2.05, 4.69) is 0 Å². The third-order valence-electron chi connectivity index (χ3n) is 2.94. The molecule has 0 fully saturated rings. The summed E-state index contributed by atoms with van der Waals surface area (Å²) in [7, 11) is 0. The largest absolute Gasteiger partial charge is 0.455 e. The molecule has 0 spiro atoms. The molecule has 0 aromatic carbocycles. The zero-order valence-corrected chi connectivity index (χ0v) is 10.9. The number of carbonyl (C=O) groups is 1. The number of halogens is 1. The number of hydrogen-bond acceptors (Lipinski definition) is 3. The molecule has 1 aliphatic carbocycles. The van der Waals surface area contributed by atoms with Crippen LogP contribution in [0, 0.1) is 5.92 Å². The topological polar surface area (TPSA) is 46.5 Å². The normalized spacial score (nSPS) is 34.9. The van der Waals surface area contributed by atoms with Gasteiger partial charge in [0, 0.05) is 11.8 Å². The number of hydrogen-bond donors (Lipinski definition) is 1. The predicted octanol–water partition coefficient (Wildman–Crippen LogP) is 2.26. The molecule has 0 saturated carbocycles. The molecule has 0 radical (unpaired) electrons. The molecular formula is C12H19ClO3. The monoisotopic (exact) mass is 246 g/mol. The Labute approximate surface area is 101 Å². The Kier molecular flexibility index (Phi) is 3.70. The second-order valence-electron chi connectivity index (χ2n) is 5.15. The fraction of sp³-hybridized carbons (Fsp3) is 0.750. The minimum atomic E-state index is -1.06. The van der Waals surface area contributed by atoms with Gasteiger partial charge in [-0.1, -0.05) is 6.08 Å². The first-order chi connectivity index (χ1) is 7.13. The molecule has 0 aromatic rings. The molecule has 1 N–H and O–H groups in total. The maximum atomic E-state index is 10.9. The SMILES string of the molecule is CC(=O)O[C@H]1C=C[C@@H](C(C)(C)Cl)C[C@]1(C)O. The van der Waals surface area contributed by atoms with Gasteiger partial charge in [0.25, 0.3) is 0 Å². The van der Waals surface area contributed by atoms with E-state index in [1.165, 1.54) is 6.92 Å². The molecule has 1 rings (SSSR count). The summed E-state index contributed by atoms with van der Waals surface area (Å²) >= 11 is 6.22. The lowest BCUT2D eigenvalue weighted by Gasteiger charge is -2.40. The van der Waals surface area contributed by atoms with Gasteiger partial charge in [0.05, 0.1) is 0 Å². The Hall–Kier alpha value is -0.540. The molecule has 1 aliphatic rings. The van der Waals surface area contributed by atoms with E-state index in [9.17, 15) is 9.90 Å². The van der Waals surface area contributed by atoms with Crippen molar-refractivity contribution in [3.63, 3.8) is 0 Å². The average Bonchev–Trinajstić information content (AvgIpc) is 2.05. The third-order valence-corrected chi connectivity index (χ3v) is 3.22. The highest BCUT2D eigenvalue weighted by Gasteiger charge is 2.41. The molecular weight excluding hydrogens is 228 g/mol. The fourth-order valence-electron chi connectivity index (χ4n) is 1.89. The maximum Gasteiger partial charge on any atom is 0.303 e. The van der Waals surface area contributed by atoms with Crippen LogP contribution in [0.25, 0.3) is 0 Å². The minimum absolute atomic E-state index is 0.0657. The van der Waals surface area contributed by atoms with E-state index in [1.807, 2.05) is 19.9 Å². The Bertz CT molecular complexity index is 302. The molecule has 92 valence electrons. The van der Waals surface area contributed by atoms with Crippen LogP contribution < -0.4 is 0 Å². The Morgan fingerprint density at radius 3 is 2.50 bits per heavy atom. The fourth-order valence-corrected chi connectivity index (χ4v) is 2.04. The zero-order valence-electron chi connectivity index (χ0n) is 10.2. The van der Waals surface area contributed by atoms with Crippen molar-refractivity contribution in [2.45, 2.75) is 50.7 Å². The van der Waals surface area contributed by atoms with Crippen LogP contribution >= 0.6 is 11.6 Å². The van der Waals surface area contributed by atoms with Gasteiger partial charge in [0.2, 0.25) is 0 Å². The molecule has 3 nitrogen and oxygen atoms in total. The van der Waals surface area contributed by atoms with Crippen molar-refractivity contribution in [1.82, 2.24) is 0 Å². The van der Waals surface area contributed by atoms with Crippen LogP contribution in [0.4, 0.5) is 0 Å². The predicted molar refractivity (Wildman–Crippen MR) is 63.4 cm³/mol. The third kappa shape index (κ3) is 3.22. The number of esters is 1. The van der Waals surface area contributed by atoms with Crippen LogP contribution in [0.5, 0.6) is 0 Å². The van der Waals surface area contributed by atoms with Gasteiger partial charge in [-0.3, -0.25) is 4.79 Å². The molecule has 4 heteroatoms. The Morgan fingerprint density at radius 1 is 1.56 bits per heavy atom. The molecule has 16 heavy (non-hydrogen) atoms. The summed E-state index contributed by atoms with van der Waals surface area (Å²) in [4.78, 5) is 10.5. The van der Waals surface area contributed by atoms with Crippen molar-refractivity contribution in [3.05, 3.63) is 12.2 Å². The highest BCUT2D eigenvalue weighted by Crippen LogP contribution is 2.38. The molecule has 0 unspecified atom stereocenters. The lowest BCUT2D eigenvalue weighted by atomic mass is 9.77. The van der Waals surface area contributed by atoms with E-state index in [4.69, 9.17) is 16.3 Å². The number of aliphatic hydroxyl groups is 1. The Morgan fingerprint density at radius 2 is 2.12 bits per heavy atom. The number of ether oxygens (including phenoxy) is 1. The van der Waals surface area contributed by atoms with Crippen LogP contribution in [0.2, 0.25) is 0 Å². The van der Waals surface area contributed by atoms with E-state index >= 15 is 0 Å². The molecule has 0 aliphatic heterocycles. The van der Waals surface area contributed by atoms with E-state index < -0.39 is 22.5 Å². The molecule has 0 heterocycles. The van der Waals surface area contributed by atoms with E-state index in [0.29, 0.717) is 6.42 Å². The molecule has 0 aromatic heterocycles. The first-order valence-corrected chi connectivity index (χ1v) is 5.77. The molecule has 0 amide bonds. The summed E-state index contributed by atoms with van der Waals surface area (Å²) in [5.41, 5.74) is -1.06. The van der Waals surface area contributed by atoms with Crippen molar-refractivity contribution in [1.29, 1.82) is 0 Å². The second-order valence-corrected chi connectivity index (χ2v) is 6.12. The number of allylic oxidation sites excluding steroid dienone is 1. The summed E-state index contributed by atoms with van der Waals surface area (Å²) in [6.07, 6.45) is 3.54. The minimum Gasteiger partial charge on any atom is -0.455 e. The van der Waals surface area contributed by atoms with Gasteiger partial charge < -0.3 is 9.84 Å². The van der Waals surface area contributed by atoms with Gasteiger partial charge in [-0.25, -0.2) is 0 Å². The van der Waals surface area contributed by atoms with Gasteiger partial charge in [-0.15, -0.1) is 11.6 Å². The number of alkyl halides is 1. The Balaban J connectivity index is 2.84. The van der Waals surface area contributed by atoms with Crippen molar-refractivity contribution in [2.24, 2.45) is 5.92 Å². The van der Waals surface area contributed by atoms with Crippen LogP contribution in [0.1, 0.15) is 34.1 Å². The van der Waals surface area contributed by atoms with E-state index in [0.717, 1.165) is 0 Å². The van der Waals surface area contributed by atoms with Crippen LogP contribution in [0.15, 0.2) is 12.2 Å². The molecule has 0 bridgehead atoms. The van der Waals surface area contributed by atoms with E-state index in [-0.39, 0.29) is 5.92 Å². The summed E-state index contributed by atoms with van der Waals surface area (Å²) in [5, 5.41) is 10.2. The van der Waals surface area contributed by atoms with Crippen molar-refractivity contribution in [2.75, 3.05) is 0 Å². The highest BCUT2D eigenvalue weighted by atomic mass is 35.5. The first-order valence-electron chi connectivity index (χ1n) is 5.40. The van der Waals surface area contributed by atoms with Gasteiger partial charge >= 0.3 is 5.97 Å². The second kappa shape index (κ2) is 4.38. The maximum absolute atomic E-state index is 10.9. The summed E-state index contributed by atoms with van der Waals surface area (Å²) in [5.74, 6) is -0.325. The molecule has 3 atom stereocenters. The summed E-state index contributed by atoms with van der Waals surface area (Å²) in [6, 6.07) is 0. The zero-order chi connectivity index (χ0) is 12.6. The van der Waals surface area contributed by atoms with Gasteiger partial charge in [-0.2, -0.15) is 0 Å². The molecule has 0 saturated heterocycles. The summed E-state index contributed by atoms with van der Waals surface area (Å²) < 4.78 is 5.05. The smallest absolute Gasteiger partial charge is 0.303 e. The van der Waals surface area contributed by atoms with Gasteiger partial charge in [0.15, 0.2) is 0 Å². The van der Waals surface area contributed by atoms with E-state index in [1.54, 1.807) is 13.0 Å². The van der Waals surface area contributed by atoms with Crippen LogP contribution in [-0.2, 0) is 9.53 Å².